The Morgan fingerprint density at radius 2 is 2.18 bits per heavy atom. The first-order valence-electron chi connectivity index (χ1n) is 6.20. The normalized spacial score (nSPS) is 12.2. The van der Waals surface area contributed by atoms with Gasteiger partial charge in [-0.3, -0.25) is 4.79 Å². The third-order valence-corrected chi connectivity index (χ3v) is 2.63. The van der Waals surface area contributed by atoms with Crippen molar-refractivity contribution >= 4 is 5.91 Å². The number of hydrogen-bond donors (Lipinski definition) is 2. The molecule has 2 N–H and O–H groups in total. The quantitative estimate of drug-likeness (QED) is 0.741. The number of carbonyl (C=O) groups excluding carboxylic acids is 1. The molecule has 1 rings (SSSR count). The lowest BCUT2D eigenvalue weighted by atomic mass is 10.1. The smallest absolute Gasteiger partial charge is 0.234 e. The molecule has 94 valence electrons. The van der Waals surface area contributed by atoms with Crippen LogP contribution < -0.4 is 10.6 Å². The van der Waals surface area contributed by atoms with E-state index < -0.39 is 0 Å². The lowest BCUT2D eigenvalue weighted by Gasteiger charge is -2.15. The highest BCUT2D eigenvalue weighted by molar-refractivity contribution is 5.78. The van der Waals surface area contributed by atoms with E-state index in [-0.39, 0.29) is 11.9 Å². The molecule has 0 heterocycles. The van der Waals surface area contributed by atoms with Gasteiger partial charge in [0.1, 0.15) is 0 Å². The second-order valence-electron chi connectivity index (χ2n) is 4.38. The summed E-state index contributed by atoms with van der Waals surface area (Å²) in [7, 11) is 0. The molecule has 0 radical (unpaired) electrons. The largest absolute Gasteiger partial charge is 0.348 e. The monoisotopic (exact) mass is 234 g/mol. The van der Waals surface area contributed by atoms with Crippen LogP contribution >= 0.6 is 0 Å². The average molecular weight is 234 g/mol. The fourth-order valence-electron chi connectivity index (χ4n) is 1.69. The van der Waals surface area contributed by atoms with Gasteiger partial charge in [-0.05, 0) is 32.4 Å². The van der Waals surface area contributed by atoms with Crippen LogP contribution in [0.15, 0.2) is 24.3 Å². The molecule has 3 heteroatoms. The van der Waals surface area contributed by atoms with Crippen molar-refractivity contribution in [3.8, 4) is 0 Å². The van der Waals surface area contributed by atoms with Crippen molar-refractivity contribution < 1.29 is 4.79 Å². The molecule has 0 spiro atoms. The Bertz CT molecular complexity index is 363. The van der Waals surface area contributed by atoms with Crippen LogP contribution in [0.2, 0.25) is 0 Å². The van der Waals surface area contributed by atoms with Gasteiger partial charge < -0.3 is 10.6 Å². The second kappa shape index (κ2) is 7.07. The van der Waals surface area contributed by atoms with E-state index in [1.165, 1.54) is 5.56 Å². The third kappa shape index (κ3) is 5.00. The standard InChI is InChI=1S/C14H22N2O/c1-4-8-15-10-14(17)16-12(3)13-7-5-6-11(2)9-13/h5-7,9,12,15H,4,8,10H2,1-3H3,(H,16,17)/t12-/m0/s1. The molecule has 0 aliphatic heterocycles. The zero-order valence-corrected chi connectivity index (χ0v) is 10.9. The van der Waals surface area contributed by atoms with E-state index in [0.717, 1.165) is 18.5 Å². The summed E-state index contributed by atoms with van der Waals surface area (Å²) < 4.78 is 0. The molecule has 0 bridgehead atoms. The van der Waals surface area contributed by atoms with Crippen LogP contribution in [0.5, 0.6) is 0 Å². The molecule has 17 heavy (non-hydrogen) atoms. The minimum atomic E-state index is 0.0486. The summed E-state index contributed by atoms with van der Waals surface area (Å²) in [4.78, 5) is 11.6. The SMILES string of the molecule is CCCNCC(=O)N[C@@H](C)c1cccc(C)c1. The highest BCUT2D eigenvalue weighted by Crippen LogP contribution is 2.13. The average Bonchev–Trinajstić information content (AvgIpc) is 2.29. The molecule has 0 aromatic heterocycles. The molecule has 0 saturated heterocycles. The lowest BCUT2D eigenvalue weighted by Crippen LogP contribution is -2.35. The van der Waals surface area contributed by atoms with Gasteiger partial charge in [-0.2, -0.15) is 0 Å². The molecule has 1 aromatic rings. The zero-order valence-electron chi connectivity index (χ0n) is 10.9. The molecular weight excluding hydrogens is 212 g/mol. The van der Waals surface area contributed by atoms with Crippen LogP contribution in [-0.2, 0) is 4.79 Å². The Labute approximate surface area is 104 Å². The van der Waals surface area contributed by atoms with E-state index in [1.807, 2.05) is 19.1 Å². The molecule has 0 unspecified atom stereocenters. The number of amides is 1. The first kappa shape index (κ1) is 13.7. The van der Waals surface area contributed by atoms with E-state index in [1.54, 1.807) is 0 Å². The summed E-state index contributed by atoms with van der Waals surface area (Å²) in [6.07, 6.45) is 1.04. The lowest BCUT2D eigenvalue weighted by molar-refractivity contribution is -0.120. The van der Waals surface area contributed by atoms with Gasteiger partial charge in [0.25, 0.3) is 0 Å². The van der Waals surface area contributed by atoms with Gasteiger partial charge in [0, 0.05) is 0 Å². The van der Waals surface area contributed by atoms with Crippen LogP contribution in [0.4, 0.5) is 0 Å². The van der Waals surface area contributed by atoms with E-state index >= 15 is 0 Å². The first-order chi connectivity index (χ1) is 8.13. The number of hydrogen-bond acceptors (Lipinski definition) is 2. The Morgan fingerprint density at radius 1 is 1.41 bits per heavy atom. The first-order valence-corrected chi connectivity index (χ1v) is 6.20. The Balaban J connectivity index is 2.43. The zero-order chi connectivity index (χ0) is 12.7. The van der Waals surface area contributed by atoms with Gasteiger partial charge in [-0.25, -0.2) is 0 Å². The summed E-state index contributed by atoms with van der Waals surface area (Å²) in [5.41, 5.74) is 2.36. The van der Waals surface area contributed by atoms with E-state index in [2.05, 4.69) is 36.6 Å². The number of carbonyl (C=O) groups is 1. The van der Waals surface area contributed by atoms with Crippen molar-refractivity contribution in [2.24, 2.45) is 0 Å². The maximum atomic E-state index is 11.6. The molecular formula is C14H22N2O. The number of aryl methyl sites for hydroxylation is 1. The van der Waals surface area contributed by atoms with Gasteiger partial charge in [0.15, 0.2) is 0 Å². The van der Waals surface area contributed by atoms with Crippen LogP contribution in [0, 0.1) is 6.92 Å². The molecule has 1 amide bonds. The number of benzene rings is 1. The van der Waals surface area contributed by atoms with Crippen molar-refractivity contribution in [3.05, 3.63) is 35.4 Å². The van der Waals surface area contributed by atoms with E-state index in [0.29, 0.717) is 6.54 Å². The van der Waals surface area contributed by atoms with Gasteiger partial charge in [0.2, 0.25) is 5.91 Å². The molecule has 0 fully saturated rings. The van der Waals surface area contributed by atoms with Gasteiger partial charge >= 0.3 is 0 Å². The minimum absolute atomic E-state index is 0.0486. The van der Waals surface area contributed by atoms with Crippen molar-refractivity contribution in [1.82, 2.24) is 10.6 Å². The topological polar surface area (TPSA) is 41.1 Å². The van der Waals surface area contributed by atoms with E-state index in [9.17, 15) is 4.79 Å². The Kier molecular flexibility index (Phi) is 5.70. The predicted molar refractivity (Wildman–Crippen MR) is 70.9 cm³/mol. The summed E-state index contributed by atoms with van der Waals surface area (Å²) in [5.74, 6) is 0.0486. The van der Waals surface area contributed by atoms with Crippen LogP contribution in [0.3, 0.4) is 0 Å². The molecule has 0 aliphatic rings. The maximum absolute atomic E-state index is 11.6. The molecule has 1 atom stereocenters. The van der Waals surface area contributed by atoms with Gasteiger partial charge in [0.05, 0.1) is 12.6 Å². The van der Waals surface area contributed by atoms with Gasteiger partial charge in [-0.1, -0.05) is 36.8 Å². The fourth-order valence-corrected chi connectivity index (χ4v) is 1.69. The van der Waals surface area contributed by atoms with Crippen LogP contribution in [0.25, 0.3) is 0 Å². The fraction of sp³-hybridized carbons (Fsp3) is 0.500. The number of nitrogens with one attached hydrogen (secondary N) is 2. The summed E-state index contributed by atoms with van der Waals surface area (Å²) in [6.45, 7) is 7.42. The summed E-state index contributed by atoms with van der Waals surface area (Å²) in [5, 5.41) is 6.07. The van der Waals surface area contributed by atoms with Gasteiger partial charge in [-0.15, -0.1) is 0 Å². The highest BCUT2D eigenvalue weighted by atomic mass is 16.1. The number of rotatable bonds is 6. The van der Waals surface area contributed by atoms with Crippen molar-refractivity contribution in [1.29, 1.82) is 0 Å². The maximum Gasteiger partial charge on any atom is 0.234 e. The second-order valence-corrected chi connectivity index (χ2v) is 4.38. The minimum Gasteiger partial charge on any atom is -0.348 e. The molecule has 3 nitrogen and oxygen atoms in total. The predicted octanol–water partition coefficient (Wildman–Crippen LogP) is 2.17. The molecule has 0 aliphatic carbocycles. The highest BCUT2D eigenvalue weighted by Gasteiger charge is 2.08. The summed E-state index contributed by atoms with van der Waals surface area (Å²) >= 11 is 0. The Hall–Kier alpha value is -1.35. The molecule has 0 saturated carbocycles. The van der Waals surface area contributed by atoms with Crippen molar-refractivity contribution in [3.63, 3.8) is 0 Å². The van der Waals surface area contributed by atoms with Crippen LogP contribution in [-0.4, -0.2) is 19.0 Å². The Morgan fingerprint density at radius 3 is 2.82 bits per heavy atom. The van der Waals surface area contributed by atoms with Crippen molar-refractivity contribution in [2.75, 3.05) is 13.1 Å². The molecule has 1 aromatic carbocycles. The van der Waals surface area contributed by atoms with Crippen LogP contribution in [0.1, 0.15) is 37.4 Å². The van der Waals surface area contributed by atoms with Crippen molar-refractivity contribution in [2.45, 2.75) is 33.2 Å². The van der Waals surface area contributed by atoms with E-state index in [4.69, 9.17) is 0 Å². The third-order valence-electron chi connectivity index (χ3n) is 2.63. The summed E-state index contributed by atoms with van der Waals surface area (Å²) in [6, 6.07) is 8.27.